The van der Waals surface area contributed by atoms with Crippen LogP contribution in [0.15, 0.2) is 18.2 Å². The van der Waals surface area contributed by atoms with E-state index in [4.69, 9.17) is 5.11 Å². The summed E-state index contributed by atoms with van der Waals surface area (Å²) >= 11 is 0. The number of amides is 2. The molecule has 0 bridgehead atoms. The Kier molecular flexibility index (Phi) is 3.19. The van der Waals surface area contributed by atoms with E-state index in [1.807, 2.05) is 7.05 Å². The fourth-order valence-electron chi connectivity index (χ4n) is 3.20. The Morgan fingerprint density at radius 3 is 2.89 bits per heavy atom. The summed E-state index contributed by atoms with van der Waals surface area (Å²) in [6, 6.07) is 6.76. The van der Waals surface area contributed by atoms with Crippen molar-refractivity contribution in [2.75, 3.05) is 26.7 Å². The smallest absolute Gasteiger partial charge is 0.320 e. The number of aliphatic hydroxyl groups excluding tert-OH is 1. The maximum absolute atomic E-state index is 12.1. The van der Waals surface area contributed by atoms with Gasteiger partial charge in [0.2, 0.25) is 0 Å². The minimum Gasteiger partial charge on any atom is -0.395 e. The molecule has 1 aromatic rings. The lowest BCUT2D eigenvalue weighted by molar-refractivity contribution is 0.182. The van der Waals surface area contributed by atoms with Crippen LogP contribution in [-0.2, 0) is 12.8 Å². The molecule has 19 heavy (non-hydrogen) atoms. The van der Waals surface area contributed by atoms with E-state index in [0.29, 0.717) is 13.1 Å². The number of aryl methyl sites for hydroxylation is 2. The Hall–Kier alpha value is -1.55. The number of hydrogen-bond acceptors (Lipinski definition) is 2. The minimum atomic E-state index is 0.0135. The van der Waals surface area contributed by atoms with E-state index < -0.39 is 0 Å². The van der Waals surface area contributed by atoms with Crippen molar-refractivity contribution in [3.05, 3.63) is 34.9 Å². The monoisotopic (exact) mass is 260 g/mol. The summed E-state index contributed by atoms with van der Waals surface area (Å²) in [5, 5.41) is 9.00. The molecule has 1 aliphatic heterocycles. The van der Waals surface area contributed by atoms with Gasteiger partial charge in [-0.3, -0.25) is 0 Å². The average molecular weight is 260 g/mol. The molecule has 1 saturated heterocycles. The molecule has 0 saturated carbocycles. The normalized spacial score (nSPS) is 22.2. The molecule has 2 amide bonds. The number of carbonyl (C=O) groups is 1. The Morgan fingerprint density at radius 2 is 2.11 bits per heavy atom. The summed E-state index contributed by atoms with van der Waals surface area (Å²) < 4.78 is 0. The second-order valence-corrected chi connectivity index (χ2v) is 5.46. The zero-order valence-electron chi connectivity index (χ0n) is 11.3. The second kappa shape index (κ2) is 4.85. The first kappa shape index (κ1) is 12.5. The number of likely N-dealkylation sites (N-methyl/N-ethyl adjacent to an activating group) is 1. The van der Waals surface area contributed by atoms with Crippen molar-refractivity contribution in [1.29, 1.82) is 0 Å². The third kappa shape index (κ3) is 2.10. The van der Waals surface area contributed by atoms with Crippen LogP contribution < -0.4 is 0 Å². The maximum atomic E-state index is 12.1. The number of fused-ring (bicyclic) bond motifs is 1. The van der Waals surface area contributed by atoms with Gasteiger partial charge in [0.1, 0.15) is 0 Å². The first-order chi connectivity index (χ1) is 9.20. The molecule has 0 aromatic heterocycles. The predicted octanol–water partition coefficient (Wildman–Crippen LogP) is 1.58. The number of β-amino-alcohol motifs (C(OH)–C–C–N with tert-alkyl or cyclic N) is 1. The molecule has 4 heteroatoms. The van der Waals surface area contributed by atoms with Gasteiger partial charge in [-0.15, -0.1) is 0 Å². The van der Waals surface area contributed by atoms with Crippen LogP contribution in [0.5, 0.6) is 0 Å². The summed E-state index contributed by atoms with van der Waals surface area (Å²) in [4.78, 5) is 15.6. The van der Waals surface area contributed by atoms with Gasteiger partial charge in [0.15, 0.2) is 0 Å². The lowest BCUT2D eigenvalue weighted by Gasteiger charge is -2.19. The molecule has 0 spiro atoms. The topological polar surface area (TPSA) is 43.8 Å². The van der Waals surface area contributed by atoms with Crippen LogP contribution >= 0.6 is 0 Å². The second-order valence-electron chi connectivity index (χ2n) is 5.46. The third-order valence-electron chi connectivity index (χ3n) is 4.31. The standard InChI is InChI=1S/C15H20N2O2/c1-16-14(10-17(7-8-18)15(16)19)13-6-5-11-3-2-4-12(11)9-13/h5-6,9,14,18H,2-4,7-8,10H2,1H3. The molecule has 1 unspecified atom stereocenters. The molecular formula is C15H20N2O2. The van der Waals surface area contributed by atoms with E-state index in [1.165, 1.54) is 29.5 Å². The first-order valence-corrected chi connectivity index (χ1v) is 6.95. The van der Waals surface area contributed by atoms with Gasteiger partial charge in [-0.25, -0.2) is 4.79 Å². The number of aliphatic hydroxyl groups is 1. The fraction of sp³-hybridized carbons (Fsp3) is 0.533. The molecular weight excluding hydrogens is 240 g/mol. The SMILES string of the molecule is CN1C(=O)N(CCO)CC1c1ccc2c(c1)CCC2. The Labute approximate surface area is 113 Å². The highest BCUT2D eigenvalue weighted by Gasteiger charge is 2.35. The van der Waals surface area contributed by atoms with Crippen LogP contribution in [0.2, 0.25) is 0 Å². The van der Waals surface area contributed by atoms with Crippen LogP contribution in [-0.4, -0.2) is 47.7 Å². The van der Waals surface area contributed by atoms with Crippen molar-refractivity contribution in [3.63, 3.8) is 0 Å². The van der Waals surface area contributed by atoms with Gasteiger partial charge in [-0.05, 0) is 36.0 Å². The largest absolute Gasteiger partial charge is 0.395 e. The van der Waals surface area contributed by atoms with Crippen molar-refractivity contribution in [2.45, 2.75) is 25.3 Å². The zero-order chi connectivity index (χ0) is 13.4. The molecule has 1 aliphatic carbocycles. The van der Waals surface area contributed by atoms with E-state index >= 15 is 0 Å². The summed E-state index contributed by atoms with van der Waals surface area (Å²) in [5.74, 6) is 0. The number of nitrogens with zero attached hydrogens (tertiary/aromatic N) is 2. The van der Waals surface area contributed by atoms with Crippen molar-refractivity contribution >= 4 is 6.03 Å². The van der Waals surface area contributed by atoms with Gasteiger partial charge in [-0.1, -0.05) is 18.2 Å². The molecule has 3 rings (SSSR count). The van der Waals surface area contributed by atoms with Crippen LogP contribution in [0, 0.1) is 0 Å². The Morgan fingerprint density at radius 1 is 1.32 bits per heavy atom. The van der Waals surface area contributed by atoms with Crippen LogP contribution in [0.1, 0.15) is 29.2 Å². The van der Waals surface area contributed by atoms with Gasteiger partial charge in [0, 0.05) is 20.1 Å². The van der Waals surface area contributed by atoms with Crippen molar-refractivity contribution in [3.8, 4) is 0 Å². The van der Waals surface area contributed by atoms with Gasteiger partial charge in [0.25, 0.3) is 0 Å². The Bertz CT molecular complexity index is 501. The lowest BCUT2D eigenvalue weighted by Crippen LogP contribution is -2.31. The summed E-state index contributed by atoms with van der Waals surface area (Å²) in [5.41, 5.74) is 4.12. The quantitative estimate of drug-likeness (QED) is 0.896. The van der Waals surface area contributed by atoms with Crippen LogP contribution in [0.3, 0.4) is 0 Å². The zero-order valence-corrected chi connectivity index (χ0v) is 11.3. The van der Waals surface area contributed by atoms with E-state index in [-0.39, 0.29) is 18.7 Å². The highest BCUT2D eigenvalue weighted by atomic mass is 16.3. The molecule has 1 heterocycles. The van der Waals surface area contributed by atoms with E-state index in [2.05, 4.69) is 18.2 Å². The number of hydrogen-bond donors (Lipinski definition) is 1. The molecule has 2 aliphatic rings. The molecule has 1 atom stereocenters. The summed E-state index contributed by atoms with van der Waals surface area (Å²) in [6.45, 7) is 1.12. The van der Waals surface area contributed by atoms with E-state index in [1.54, 1.807) is 9.80 Å². The summed E-state index contributed by atoms with van der Waals surface area (Å²) in [7, 11) is 1.84. The van der Waals surface area contributed by atoms with Crippen LogP contribution in [0.4, 0.5) is 4.79 Å². The Balaban J connectivity index is 1.84. The minimum absolute atomic E-state index is 0.0135. The number of rotatable bonds is 3. The van der Waals surface area contributed by atoms with Gasteiger partial charge in [0.05, 0.1) is 12.6 Å². The number of urea groups is 1. The maximum Gasteiger partial charge on any atom is 0.320 e. The molecule has 1 fully saturated rings. The van der Waals surface area contributed by atoms with Gasteiger partial charge < -0.3 is 14.9 Å². The molecule has 1 aromatic carbocycles. The van der Waals surface area contributed by atoms with E-state index in [9.17, 15) is 4.79 Å². The van der Waals surface area contributed by atoms with Crippen molar-refractivity contribution in [1.82, 2.24) is 9.80 Å². The summed E-state index contributed by atoms with van der Waals surface area (Å²) in [6.07, 6.45) is 3.59. The van der Waals surface area contributed by atoms with Crippen LogP contribution in [0.25, 0.3) is 0 Å². The lowest BCUT2D eigenvalue weighted by atomic mass is 10.0. The third-order valence-corrected chi connectivity index (χ3v) is 4.31. The first-order valence-electron chi connectivity index (χ1n) is 6.95. The number of carbonyl (C=O) groups excluding carboxylic acids is 1. The molecule has 0 radical (unpaired) electrons. The highest BCUT2D eigenvalue weighted by molar-refractivity contribution is 5.77. The van der Waals surface area contributed by atoms with E-state index in [0.717, 1.165) is 6.42 Å². The predicted molar refractivity (Wildman–Crippen MR) is 73.0 cm³/mol. The molecule has 4 nitrogen and oxygen atoms in total. The van der Waals surface area contributed by atoms with Crippen molar-refractivity contribution < 1.29 is 9.90 Å². The number of benzene rings is 1. The average Bonchev–Trinajstić information content (AvgIpc) is 2.98. The van der Waals surface area contributed by atoms with Crippen molar-refractivity contribution in [2.24, 2.45) is 0 Å². The highest BCUT2D eigenvalue weighted by Crippen LogP contribution is 2.31. The fourth-order valence-corrected chi connectivity index (χ4v) is 3.20. The molecule has 1 N–H and O–H groups in total. The molecule has 102 valence electrons. The van der Waals surface area contributed by atoms with Gasteiger partial charge in [-0.2, -0.15) is 0 Å². The van der Waals surface area contributed by atoms with Gasteiger partial charge >= 0.3 is 6.03 Å².